The maximum absolute atomic E-state index is 12.5. The Morgan fingerprint density at radius 1 is 1.57 bits per heavy atom. The molecule has 1 saturated heterocycles. The number of hydrogen-bond acceptors (Lipinski definition) is 5. The van der Waals surface area contributed by atoms with Crippen LogP contribution >= 0.6 is 23.4 Å². The molecule has 1 unspecified atom stereocenters. The second-order valence-corrected chi connectivity index (χ2v) is 6.75. The molecule has 0 aliphatic carbocycles. The van der Waals surface area contributed by atoms with Crippen molar-refractivity contribution in [3.05, 3.63) is 32.8 Å². The number of carbonyl (C=O) groups excluding carboxylic acids is 1. The van der Waals surface area contributed by atoms with Crippen LogP contribution in [0.15, 0.2) is 12.1 Å². The number of anilines is 1. The summed E-state index contributed by atoms with van der Waals surface area (Å²) in [4.78, 5) is 24.8. The zero-order chi connectivity index (χ0) is 15.6. The second-order valence-electron chi connectivity index (χ2n) is 4.79. The van der Waals surface area contributed by atoms with Crippen LogP contribution in [0.4, 0.5) is 11.4 Å². The predicted octanol–water partition coefficient (Wildman–Crippen LogP) is 2.87. The molecular formula is C13H16ClN3O3S. The Kier molecular flexibility index (Phi) is 4.95. The third kappa shape index (κ3) is 3.41. The molecule has 1 aromatic rings. The minimum absolute atomic E-state index is 0.175. The molecule has 2 rings (SSSR count). The van der Waals surface area contributed by atoms with Gasteiger partial charge in [-0.05, 0) is 6.07 Å². The Hall–Kier alpha value is -1.47. The van der Waals surface area contributed by atoms with Crippen LogP contribution in [0.5, 0.6) is 0 Å². The first-order chi connectivity index (χ1) is 9.93. The van der Waals surface area contributed by atoms with Crippen molar-refractivity contribution in [1.82, 2.24) is 4.90 Å². The van der Waals surface area contributed by atoms with Gasteiger partial charge in [0.2, 0.25) is 0 Å². The zero-order valence-corrected chi connectivity index (χ0v) is 13.3. The largest absolute Gasteiger partial charge is 0.381 e. The lowest BCUT2D eigenvalue weighted by molar-refractivity contribution is -0.384. The summed E-state index contributed by atoms with van der Waals surface area (Å²) in [7, 11) is 1.55. The molecule has 0 bridgehead atoms. The third-order valence-electron chi connectivity index (χ3n) is 3.29. The minimum atomic E-state index is -0.539. The van der Waals surface area contributed by atoms with E-state index in [4.69, 9.17) is 11.6 Å². The number of nitrogens with zero attached hydrogens (tertiary/aromatic N) is 2. The van der Waals surface area contributed by atoms with Gasteiger partial charge in [-0.1, -0.05) is 18.5 Å². The molecule has 114 valence electrons. The number of rotatable bonds is 3. The maximum Gasteiger partial charge on any atom is 0.294 e. The van der Waals surface area contributed by atoms with Gasteiger partial charge in [0.1, 0.15) is 5.69 Å². The monoisotopic (exact) mass is 329 g/mol. The number of hydrogen-bond donors (Lipinski definition) is 1. The number of thioether (sulfide) groups is 1. The standard InChI is InChI=1S/C13H16ClN3O3S/c1-8-7-16(3-4-21-8)13(18)9-5-10(14)12(15-2)11(6-9)17(19)20/h5-6,8,15H,3-4,7H2,1-2H3. The third-order valence-corrected chi connectivity index (χ3v) is 4.73. The molecule has 1 aromatic carbocycles. The molecule has 0 spiro atoms. The van der Waals surface area contributed by atoms with Gasteiger partial charge in [0.15, 0.2) is 0 Å². The molecule has 8 heteroatoms. The Morgan fingerprint density at radius 3 is 2.86 bits per heavy atom. The number of carbonyl (C=O) groups is 1. The number of amides is 1. The van der Waals surface area contributed by atoms with Gasteiger partial charge in [0.25, 0.3) is 11.6 Å². The Morgan fingerprint density at radius 2 is 2.29 bits per heavy atom. The Balaban J connectivity index is 2.35. The highest BCUT2D eigenvalue weighted by Gasteiger charge is 2.26. The average Bonchev–Trinajstić information content (AvgIpc) is 2.45. The lowest BCUT2D eigenvalue weighted by atomic mass is 10.1. The molecule has 1 N–H and O–H groups in total. The van der Waals surface area contributed by atoms with Crippen molar-refractivity contribution in [2.45, 2.75) is 12.2 Å². The molecule has 0 saturated carbocycles. The summed E-state index contributed by atoms with van der Waals surface area (Å²) in [6.07, 6.45) is 0. The number of nitrogens with one attached hydrogen (secondary N) is 1. The lowest BCUT2D eigenvalue weighted by Gasteiger charge is -2.30. The fourth-order valence-electron chi connectivity index (χ4n) is 2.29. The first-order valence-corrected chi connectivity index (χ1v) is 7.93. The van der Waals surface area contributed by atoms with Crippen molar-refractivity contribution in [3.8, 4) is 0 Å². The van der Waals surface area contributed by atoms with E-state index in [-0.39, 0.29) is 27.9 Å². The van der Waals surface area contributed by atoms with Gasteiger partial charge in [0.05, 0.1) is 9.95 Å². The molecule has 6 nitrogen and oxygen atoms in total. The van der Waals surface area contributed by atoms with E-state index in [1.807, 2.05) is 11.8 Å². The topological polar surface area (TPSA) is 75.5 Å². The summed E-state index contributed by atoms with van der Waals surface area (Å²) in [6.45, 7) is 3.35. The highest BCUT2D eigenvalue weighted by molar-refractivity contribution is 7.99. The van der Waals surface area contributed by atoms with Gasteiger partial charge in [0, 0.05) is 42.8 Å². The highest BCUT2D eigenvalue weighted by Crippen LogP contribution is 2.34. The van der Waals surface area contributed by atoms with Crippen LogP contribution < -0.4 is 5.32 Å². The summed E-state index contributed by atoms with van der Waals surface area (Å²) in [5, 5.41) is 14.4. The van der Waals surface area contributed by atoms with E-state index in [0.29, 0.717) is 18.3 Å². The van der Waals surface area contributed by atoms with Gasteiger partial charge >= 0.3 is 0 Å². The Bertz CT molecular complexity index is 582. The molecule has 0 aromatic heterocycles. The van der Waals surface area contributed by atoms with Crippen molar-refractivity contribution in [1.29, 1.82) is 0 Å². The number of benzene rings is 1. The van der Waals surface area contributed by atoms with Crippen LogP contribution in [-0.2, 0) is 0 Å². The average molecular weight is 330 g/mol. The molecule has 1 atom stereocenters. The molecule has 1 amide bonds. The summed E-state index contributed by atoms with van der Waals surface area (Å²) >= 11 is 7.86. The van der Waals surface area contributed by atoms with Crippen molar-refractivity contribution in [3.63, 3.8) is 0 Å². The number of halogens is 1. The number of nitro groups is 1. The zero-order valence-electron chi connectivity index (χ0n) is 11.8. The summed E-state index contributed by atoms with van der Waals surface area (Å²) in [6, 6.07) is 2.77. The summed E-state index contributed by atoms with van der Waals surface area (Å²) in [5.74, 6) is 0.659. The molecule has 0 radical (unpaired) electrons. The van der Waals surface area contributed by atoms with Crippen LogP contribution in [0, 0.1) is 10.1 Å². The fraction of sp³-hybridized carbons (Fsp3) is 0.462. The molecule has 1 fully saturated rings. The van der Waals surface area contributed by atoms with Crippen LogP contribution in [0.3, 0.4) is 0 Å². The Labute approximate surface area is 132 Å². The smallest absolute Gasteiger partial charge is 0.294 e. The van der Waals surface area contributed by atoms with Gasteiger partial charge in [-0.25, -0.2) is 0 Å². The van der Waals surface area contributed by atoms with Gasteiger partial charge in [-0.2, -0.15) is 11.8 Å². The van der Waals surface area contributed by atoms with Crippen molar-refractivity contribution < 1.29 is 9.72 Å². The van der Waals surface area contributed by atoms with Crippen LogP contribution in [0.1, 0.15) is 17.3 Å². The van der Waals surface area contributed by atoms with Gasteiger partial charge < -0.3 is 10.2 Å². The van der Waals surface area contributed by atoms with E-state index in [1.54, 1.807) is 11.9 Å². The molecule has 1 aliphatic heterocycles. The fourth-order valence-corrected chi connectivity index (χ4v) is 3.61. The summed E-state index contributed by atoms with van der Waals surface area (Å²) in [5.41, 5.74) is 0.290. The number of nitro benzene ring substituents is 1. The highest BCUT2D eigenvalue weighted by atomic mass is 35.5. The lowest BCUT2D eigenvalue weighted by Crippen LogP contribution is -2.41. The minimum Gasteiger partial charge on any atom is -0.381 e. The van der Waals surface area contributed by atoms with E-state index in [9.17, 15) is 14.9 Å². The van der Waals surface area contributed by atoms with E-state index in [0.717, 1.165) is 5.75 Å². The molecule has 1 aliphatic rings. The van der Waals surface area contributed by atoms with Crippen LogP contribution in [0.25, 0.3) is 0 Å². The molecule has 21 heavy (non-hydrogen) atoms. The normalized spacial score (nSPS) is 18.4. The van der Waals surface area contributed by atoms with Crippen molar-refractivity contribution >= 4 is 40.6 Å². The maximum atomic E-state index is 12.5. The van der Waals surface area contributed by atoms with Crippen molar-refractivity contribution in [2.24, 2.45) is 0 Å². The SMILES string of the molecule is CNc1c(Cl)cc(C(=O)N2CCSC(C)C2)cc1[N+](=O)[O-]. The van der Waals surface area contributed by atoms with E-state index < -0.39 is 4.92 Å². The second kappa shape index (κ2) is 6.53. The van der Waals surface area contributed by atoms with Crippen LogP contribution in [-0.4, -0.2) is 46.9 Å². The van der Waals surface area contributed by atoms with Gasteiger partial charge in [-0.3, -0.25) is 14.9 Å². The van der Waals surface area contributed by atoms with E-state index >= 15 is 0 Å². The quantitative estimate of drug-likeness (QED) is 0.681. The van der Waals surface area contributed by atoms with E-state index in [2.05, 4.69) is 12.2 Å². The molecular weight excluding hydrogens is 314 g/mol. The summed E-state index contributed by atoms with van der Waals surface area (Å²) < 4.78 is 0. The first kappa shape index (κ1) is 15.9. The van der Waals surface area contributed by atoms with Crippen LogP contribution in [0.2, 0.25) is 5.02 Å². The van der Waals surface area contributed by atoms with E-state index in [1.165, 1.54) is 12.1 Å². The van der Waals surface area contributed by atoms with Gasteiger partial charge in [-0.15, -0.1) is 0 Å². The van der Waals surface area contributed by atoms with Crippen molar-refractivity contribution in [2.75, 3.05) is 31.2 Å². The molecule has 1 heterocycles. The predicted molar refractivity (Wildman–Crippen MR) is 85.5 cm³/mol. The first-order valence-electron chi connectivity index (χ1n) is 6.50.